The molecule has 3 unspecified atom stereocenters. The van der Waals surface area contributed by atoms with Gasteiger partial charge in [0.2, 0.25) is 5.88 Å². The van der Waals surface area contributed by atoms with Gasteiger partial charge in [-0.1, -0.05) is 0 Å². The van der Waals surface area contributed by atoms with E-state index in [1.54, 1.807) is 30.7 Å². The molecular formula is C23H20BrFN4O2. The lowest BCUT2D eigenvalue weighted by atomic mass is 9.77. The van der Waals surface area contributed by atoms with Crippen molar-refractivity contribution in [2.24, 2.45) is 5.92 Å². The zero-order chi connectivity index (χ0) is 21.4. The molecule has 0 N–H and O–H groups in total. The second-order valence-electron chi connectivity index (χ2n) is 7.94. The van der Waals surface area contributed by atoms with Crippen molar-refractivity contribution in [3.05, 3.63) is 70.8 Å². The van der Waals surface area contributed by atoms with E-state index < -0.39 is 5.82 Å². The first-order valence-corrected chi connectivity index (χ1v) is 11.0. The second kappa shape index (κ2) is 8.34. The van der Waals surface area contributed by atoms with Crippen molar-refractivity contribution in [2.75, 3.05) is 6.54 Å². The lowest BCUT2D eigenvalue weighted by Crippen LogP contribution is -2.59. The van der Waals surface area contributed by atoms with Gasteiger partial charge in [0.1, 0.15) is 11.9 Å². The monoisotopic (exact) mass is 482 g/mol. The van der Waals surface area contributed by atoms with Crippen LogP contribution in [0.2, 0.25) is 0 Å². The van der Waals surface area contributed by atoms with Gasteiger partial charge in [0.25, 0.3) is 5.91 Å². The number of fused-ring (bicyclic) bond motifs is 3. The number of ether oxygens (including phenoxy) is 1. The number of carbonyl (C=O) groups excluding carboxylic acids is 1. The summed E-state index contributed by atoms with van der Waals surface area (Å²) < 4.78 is 21.2. The summed E-state index contributed by atoms with van der Waals surface area (Å²) in [4.78, 5) is 28.3. The van der Waals surface area contributed by atoms with Crippen LogP contribution in [0.15, 0.2) is 59.5 Å². The summed E-state index contributed by atoms with van der Waals surface area (Å²) in [6.07, 6.45) is 7.55. The number of amides is 1. The highest BCUT2D eigenvalue weighted by Gasteiger charge is 2.45. The number of nitrogens with zero attached hydrogens (tertiary/aromatic N) is 4. The topological polar surface area (TPSA) is 68.2 Å². The van der Waals surface area contributed by atoms with Crippen LogP contribution in [0.25, 0.3) is 11.4 Å². The van der Waals surface area contributed by atoms with E-state index in [1.807, 2.05) is 17.0 Å². The Morgan fingerprint density at radius 1 is 1.13 bits per heavy atom. The molecule has 158 valence electrons. The van der Waals surface area contributed by atoms with E-state index in [4.69, 9.17) is 4.74 Å². The fourth-order valence-electron chi connectivity index (χ4n) is 4.56. The zero-order valence-corrected chi connectivity index (χ0v) is 18.2. The van der Waals surface area contributed by atoms with Gasteiger partial charge in [-0.2, -0.15) is 0 Å². The zero-order valence-electron chi connectivity index (χ0n) is 16.6. The smallest absolute Gasteiger partial charge is 0.255 e. The molecule has 6 nitrogen and oxygen atoms in total. The minimum atomic E-state index is -0.461. The molecule has 6 rings (SSSR count). The molecule has 1 amide bonds. The summed E-state index contributed by atoms with van der Waals surface area (Å²) in [7, 11) is 0. The Balaban J connectivity index is 1.44. The first-order chi connectivity index (χ1) is 15.1. The fraction of sp³-hybridized carbons (Fsp3) is 0.304. The lowest BCUT2D eigenvalue weighted by molar-refractivity contribution is -0.0313. The average molecular weight is 483 g/mol. The molecule has 3 fully saturated rings. The maximum absolute atomic E-state index is 14.1. The van der Waals surface area contributed by atoms with E-state index in [9.17, 15) is 9.18 Å². The van der Waals surface area contributed by atoms with Gasteiger partial charge in [-0.15, -0.1) is 0 Å². The molecule has 3 aromatic rings. The summed E-state index contributed by atoms with van der Waals surface area (Å²) in [5, 5.41) is 0. The Morgan fingerprint density at radius 3 is 2.71 bits per heavy atom. The number of halogens is 2. The third-order valence-electron chi connectivity index (χ3n) is 5.97. The first-order valence-electron chi connectivity index (χ1n) is 10.2. The van der Waals surface area contributed by atoms with Crippen molar-refractivity contribution in [3.8, 4) is 17.3 Å². The van der Waals surface area contributed by atoms with Crippen molar-refractivity contribution >= 4 is 21.8 Å². The summed E-state index contributed by atoms with van der Waals surface area (Å²) >= 11 is 3.38. The third-order valence-corrected chi connectivity index (χ3v) is 6.44. The normalized spacial score (nSPS) is 22.4. The molecule has 1 aromatic carbocycles. The summed E-state index contributed by atoms with van der Waals surface area (Å²) in [5.41, 5.74) is 0.805. The SMILES string of the molecule is O=C(c1cc(F)ccc1-c1ncccn1)N1CC2CCC1C(Oc1ccc(Br)cn1)C2. The van der Waals surface area contributed by atoms with Crippen LogP contribution in [-0.2, 0) is 0 Å². The number of benzene rings is 1. The maximum atomic E-state index is 14.1. The minimum Gasteiger partial charge on any atom is -0.472 e. The van der Waals surface area contributed by atoms with Gasteiger partial charge in [-0.25, -0.2) is 19.3 Å². The minimum absolute atomic E-state index is 0.0873. The quantitative estimate of drug-likeness (QED) is 0.546. The molecule has 8 heteroatoms. The molecule has 0 spiro atoms. The van der Waals surface area contributed by atoms with E-state index in [0.717, 1.165) is 23.7 Å². The van der Waals surface area contributed by atoms with Gasteiger partial charge in [0.15, 0.2) is 5.82 Å². The average Bonchev–Trinajstić information content (AvgIpc) is 2.81. The Kier molecular flexibility index (Phi) is 5.40. The van der Waals surface area contributed by atoms with E-state index >= 15 is 0 Å². The Labute approximate surface area is 187 Å². The maximum Gasteiger partial charge on any atom is 0.255 e. The largest absolute Gasteiger partial charge is 0.472 e. The van der Waals surface area contributed by atoms with Gasteiger partial charge in [-0.3, -0.25) is 4.79 Å². The molecule has 2 saturated heterocycles. The van der Waals surface area contributed by atoms with Crippen molar-refractivity contribution in [2.45, 2.75) is 31.4 Å². The molecule has 31 heavy (non-hydrogen) atoms. The number of hydrogen-bond donors (Lipinski definition) is 0. The Bertz CT molecular complexity index is 1100. The van der Waals surface area contributed by atoms with Crippen LogP contribution in [-0.4, -0.2) is 44.4 Å². The van der Waals surface area contributed by atoms with Crippen molar-refractivity contribution in [1.29, 1.82) is 0 Å². The molecule has 2 aliphatic heterocycles. The van der Waals surface area contributed by atoms with Crippen LogP contribution < -0.4 is 4.74 Å². The number of carbonyl (C=O) groups is 1. The molecule has 1 aliphatic carbocycles. The van der Waals surface area contributed by atoms with E-state index in [-0.39, 0.29) is 23.6 Å². The van der Waals surface area contributed by atoms with Gasteiger partial charge in [0.05, 0.1) is 11.6 Å². The van der Waals surface area contributed by atoms with Crippen LogP contribution in [0.1, 0.15) is 29.6 Å². The second-order valence-corrected chi connectivity index (χ2v) is 8.85. The highest BCUT2D eigenvalue weighted by Crippen LogP contribution is 2.38. The van der Waals surface area contributed by atoms with Crippen molar-refractivity contribution in [3.63, 3.8) is 0 Å². The van der Waals surface area contributed by atoms with Crippen LogP contribution in [0.3, 0.4) is 0 Å². The van der Waals surface area contributed by atoms with Crippen molar-refractivity contribution in [1.82, 2.24) is 19.9 Å². The summed E-state index contributed by atoms with van der Waals surface area (Å²) in [5.74, 6) is 0.613. The summed E-state index contributed by atoms with van der Waals surface area (Å²) in [6, 6.07) is 9.49. The Hall–Kier alpha value is -2.87. The van der Waals surface area contributed by atoms with Gasteiger partial charge >= 0.3 is 0 Å². The van der Waals surface area contributed by atoms with Gasteiger partial charge in [-0.05, 0) is 71.4 Å². The molecule has 0 radical (unpaired) electrons. The molecule has 4 heterocycles. The number of rotatable bonds is 4. The number of pyridine rings is 1. The molecule has 3 atom stereocenters. The predicted molar refractivity (Wildman–Crippen MR) is 116 cm³/mol. The third kappa shape index (κ3) is 4.04. The van der Waals surface area contributed by atoms with Gasteiger partial charge < -0.3 is 9.64 Å². The van der Waals surface area contributed by atoms with E-state index in [2.05, 4.69) is 30.9 Å². The number of piperidine rings is 2. The highest BCUT2D eigenvalue weighted by atomic mass is 79.9. The molecule has 1 saturated carbocycles. The lowest BCUT2D eigenvalue weighted by Gasteiger charge is -2.49. The number of aromatic nitrogens is 3. The van der Waals surface area contributed by atoms with Crippen molar-refractivity contribution < 1.29 is 13.9 Å². The van der Waals surface area contributed by atoms with Crippen LogP contribution >= 0.6 is 15.9 Å². The molecule has 2 bridgehead atoms. The van der Waals surface area contributed by atoms with Crippen LogP contribution in [0.4, 0.5) is 4.39 Å². The Morgan fingerprint density at radius 2 is 1.97 bits per heavy atom. The number of hydrogen-bond acceptors (Lipinski definition) is 5. The predicted octanol–water partition coefficient (Wildman–Crippen LogP) is 4.51. The molecular weight excluding hydrogens is 463 g/mol. The fourth-order valence-corrected chi connectivity index (χ4v) is 4.79. The van der Waals surface area contributed by atoms with Crippen LogP contribution in [0.5, 0.6) is 5.88 Å². The highest BCUT2D eigenvalue weighted by molar-refractivity contribution is 9.10. The van der Waals surface area contributed by atoms with Gasteiger partial charge in [0, 0.05) is 41.2 Å². The molecule has 2 aromatic heterocycles. The molecule has 3 aliphatic rings. The first kappa shape index (κ1) is 20.1. The standard InChI is InChI=1S/C23H20BrFN4O2/c24-15-3-7-21(28-12-15)31-20-10-14-2-6-19(20)29(13-14)23(30)18-11-16(25)4-5-17(18)22-26-8-1-9-27-22/h1,3-5,7-9,11-12,14,19-20H,2,6,10,13H2. The van der Waals surface area contributed by atoms with E-state index in [0.29, 0.717) is 29.7 Å². The summed E-state index contributed by atoms with van der Waals surface area (Å²) in [6.45, 7) is 0.642. The van der Waals surface area contributed by atoms with Crippen LogP contribution in [0, 0.1) is 11.7 Å². The van der Waals surface area contributed by atoms with E-state index in [1.165, 1.54) is 12.1 Å².